The lowest BCUT2D eigenvalue weighted by molar-refractivity contribution is 1.14. The normalized spacial score (nSPS) is 10.2. The van der Waals surface area contributed by atoms with Gasteiger partial charge in [0.2, 0.25) is 0 Å². The Morgan fingerprint density at radius 3 is 2.29 bits per heavy atom. The molecule has 0 heterocycles. The van der Waals surface area contributed by atoms with E-state index in [9.17, 15) is 0 Å². The van der Waals surface area contributed by atoms with E-state index in [0.29, 0.717) is 0 Å². The van der Waals surface area contributed by atoms with Crippen LogP contribution < -0.4 is 0 Å². The molecule has 0 N–H and O–H groups in total. The third-order valence-electron chi connectivity index (χ3n) is 3.05. The van der Waals surface area contributed by atoms with Gasteiger partial charge in [0.05, 0.1) is 0 Å². The Hall–Kier alpha value is -1.82. The van der Waals surface area contributed by atoms with Crippen LogP contribution in [0, 0.1) is 0 Å². The van der Waals surface area contributed by atoms with Crippen molar-refractivity contribution in [2.24, 2.45) is 0 Å². The third-order valence-corrected chi connectivity index (χ3v) is 3.05. The predicted octanol–water partition coefficient (Wildman–Crippen LogP) is 4.95. The fourth-order valence-electron chi connectivity index (χ4n) is 1.90. The molecule has 0 atom stereocenters. The summed E-state index contributed by atoms with van der Waals surface area (Å²) in [6, 6.07) is 17.3. The van der Waals surface area contributed by atoms with Crippen molar-refractivity contribution < 1.29 is 0 Å². The molecule has 0 radical (unpaired) electrons. The van der Waals surface area contributed by atoms with Crippen molar-refractivity contribution in [3.63, 3.8) is 0 Å². The van der Waals surface area contributed by atoms with Gasteiger partial charge in [-0.05, 0) is 41.7 Å². The van der Waals surface area contributed by atoms with Gasteiger partial charge in [-0.1, -0.05) is 61.5 Å². The van der Waals surface area contributed by atoms with E-state index in [4.69, 9.17) is 0 Å². The van der Waals surface area contributed by atoms with Gasteiger partial charge >= 0.3 is 0 Å². The lowest BCUT2D eigenvalue weighted by Crippen LogP contribution is -1.83. The molecular formula is C17H18. The van der Waals surface area contributed by atoms with Crippen molar-refractivity contribution in [3.05, 3.63) is 66.2 Å². The number of hydrogen-bond donors (Lipinski definition) is 0. The molecule has 2 rings (SSSR count). The maximum absolute atomic E-state index is 3.99. The topological polar surface area (TPSA) is 0 Å². The van der Waals surface area contributed by atoms with Gasteiger partial charge < -0.3 is 0 Å². The standard InChI is InChI=1S/C17H18/c1-4-14-8-10-15(11-9-14)17-7-5-6-16(12-17)13(2)3/h5-12H,2,4H2,1,3H3. The molecule has 2 aromatic rings. The van der Waals surface area contributed by atoms with Crippen LogP contribution in [0.15, 0.2) is 55.1 Å². The van der Waals surface area contributed by atoms with Crippen LogP contribution >= 0.6 is 0 Å². The van der Waals surface area contributed by atoms with E-state index >= 15 is 0 Å². The molecule has 0 aliphatic heterocycles. The summed E-state index contributed by atoms with van der Waals surface area (Å²) in [6.07, 6.45) is 1.09. The molecule has 0 amide bonds. The van der Waals surface area contributed by atoms with E-state index in [-0.39, 0.29) is 0 Å². The quantitative estimate of drug-likeness (QED) is 0.689. The first-order valence-electron chi connectivity index (χ1n) is 6.06. The van der Waals surface area contributed by atoms with Crippen LogP contribution in [0.1, 0.15) is 25.0 Å². The highest BCUT2D eigenvalue weighted by Crippen LogP contribution is 2.23. The largest absolute Gasteiger partial charge is 0.0955 e. The molecule has 17 heavy (non-hydrogen) atoms. The lowest BCUT2D eigenvalue weighted by atomic mass is 9.99. The van der Waals surface area contributed by atoms with E-state index in [1.807, 2.05) is 6.92 Å². The molecule has 0 spiro atoms. The van der Waals surface area contributed by atoms with Gasteiger partial charge in [-0.3, -0.25) is 0 Å². The number of benzene rings is 2. The van der Waals surface area contributed by atoms with Gasteiger partial charge in [-0.2, -0.15) is 0 Å². The van der Waals surface area contributed by atoms with Crippen LogP contribution in [0.4, 0.5) is 0 Å². The Morgan fingerprint density at radius 1 is 1.00 bits per heavy atom. The van der Waals surface area contributed by atoms with Crippen LogP contribution in [0.5, 0.6) is 0 Å². The second kappa shape index (κ2) is 5.01. The van der Waals surface area contributed by atoms with Gasteiger partial charge in [0, 0.05) is 0 Å². The third kappa shape index (κ3) is 2.65. The SMILES string of the molecule is C=C(C)c1cccc(-c2ccc(CC)cc2)c1. The minimum absolute atomic E-state index is 1.09. The summed E-state index contributed by atoms with van der Waals surface area (Å²) in [5, 5.41) is 0. The van der Waals surface area contributed by atoms with Crippen LogP contribution in [0.2, 0.25) is 0 Å². The average molecular weight is 222 g/mol. The second-order valence-electron chi connectivity index (χ2n) is 4.41. The first kappa shape index (κ1) is 11.7. The van der Waals surface area contributed by atoms with E-state index in [1.165, 1.54) is 22.3 Å². The summed E-state index contributed by atoms with van der Waals surface area (Å²) in [5.41, 5.74) is 6.22. The maximum Gasteiger partial charge on any atom is -0.0178 e. The molecule has 0 aromatic heterocycles. The molecule has 0 unspecified atom stereocenters. The minimum atomic E-state index is 1.09. The first-order chi connectivity index (χ1) is 8.20. The molecule has 0 heteroatoms. The zero-order valence-corrected chi connectivity index (χ0v) is 10.5. The highest BCUT2D eigenvalue weighted by molar-refractivity contribution is 5.71. The molecule has 0 fully saturated rings. The van der Waals surface area contributed by atoms with Crippen LogP contribution in [0.3, 0.4) is 0 Å². The molecule has 0 aliphatic carbocycles. The Balaban J connectivity index is 2.38. The van der Waals surface area contributed by atoms with Gasteiger partial charge in [0.25, 0.3) is 0 Å². The summed E-state index contributed by atoms with van der Waals surface area (Å²) < 4.78 is 0. The molecule has 0 nitrogen and oxygen atoms in total. The Labute approximate surface area is 104 Å². The van der Waals surface area contributed by atoms with Crippen LogP contribution in [-0.4, -0.2) is 0 Å². The van der Waals surface area contributed by atoms with Crippen molar-refractivity contribution >= 4 is 5.57 Å². The summed E-state index contributed by atoms with van der Waals surface area (Å²) in [6.45, 7) is 8.21. The monoisotopic (exact) mass is 222 g/mol. The second-order valence-corrected chi connectivity index (χ2v) is 4.41. The fourth-order valence-corrected chi connectivity index (χ4v) is 1.90. The zero-order valence-electron chi connectivity index (χ0n) is 10.5. The van der Waals surface area contributed by atoms with E-state index in [2.05, 4.69) is 62.0 Å². The number of aryl methyl sites for hydroxylation is 1. The summed E-state index contributed by atoms with van der Waals surface area (Å²) in [7, 11) is 0. The van der Waals surface area contributed by atoms with Crippen molar-refractivity contribution in [1.82, 2.24) is 0 Å². The first-order valence-corrected chi connectivity index (χ1v) is 6.06. The highest BCUT2D eigenvalue weighted by atomic mass is 14.0. The maximum atomic E-state index is 3.99. The smallest absolute Gasteiger partial charge is 0.0178 e. The number of hydrogen-bond acceptors (Lipinski definition) is 0. The van der Waals surface area contributed by atoms with Gasteiger partial charge in [-0.25, -0.2) is 0 Å². The average Bonchev–Trinajstić information content (AvgIpc) is 2.39. The van der Waals surface area contributed by atoms with Gasteiger partial charge in [0.15, 0.2) is 0 Å². The van der Waals surface area contributed by atoms with E-state index < -0.39 is 0 Å². The molecule has 0 bridgehead atoms. The highest BCUT2D eigenvalue weighted by Gasteiger charge is 1.99. The molecule has 0 aliphatic rings. The fraction of sp³-hybridized carbons (Fsp3) is 0.176. The molecule has 86 valence electrons. The van der Waals surface area contributed by atoms with E-state index in [0.717, 1.165) is 12.0 Å². The molecule has 2 aromatic carbocycles. The summed E-state index contributed by atoms with van der Waals surface area (Å²) in [4.78, 5) is 0. The van der Waals surface area contributed by atoms with Gasteiger partial charge in [0.1, 0.15) is 0 Å². The van der Waals surface area contributed by atoms with Crippen molar-refractivity contribution in [2.75, 3.05) is 0 Å². The molecule has 0 saturated carbocycles. The Kier molecular flexibility index (Phi) is 3.43. The van der Waals surface area contributed by atoms with Crippen LogP contribution in [-0.2, 0) is 6.42 Å². The summed E-state index contributed by atoms with van der Waals surface area (Å²) in [5.74, 6) is 0. The molecule has 0 saturated heterocycles. The minimum Gasteiger partial charge on any atom is -0.0955 e. The van der Waals surface area contributed by atoms with E-state index in [1.54, 1.807) is 0 Å². The lowest BCUT2D eigenvalue weighted by Gasteiger charge is -2.06. The predicted molar refractivity (Wildman–Crippen MR) is 76.0 cm³/mol. The zero-order chi connectivity index (χ0) is 12.3. The van der Waals surface area contributed by atoms with Crippen molar-refractivity contribution in [1.29, 1.82) is 0 Å². The van der Waals surface area contributed by atoms with Crippen LogP contribution in [0.25, 0.3) is 16.7 Å². The summed E-state index contributed by atoms with van der Waals surface area (Å²) >= 11 is 0. The van der Waals surface area contributed by atoms with Crippen molar-refractivity contribution in [2.45, 2.75) is 20.3 Å². The van der Waals surface area contributed by atoms with Gasteiger partial charge in [-0.15, -0.1) is 0 Å². The van der Waals surface area contributed by atoms with Crippen molar-refractivity contribution in [3.8, 4) is 11.1 Å². The number of rotatable bonds is 3. The molecular weight excluding hydrogens is 204 g/mol. The number of allylic oxidation sites excluding steroid dienone is 1. The Bertz CT molecular complexity index is 518. The Morgan fingerprint density at radius 2 is 1.71 bits per heavy atom.